The molecule has 0 atom stereocenters. The number of hydrogen-bond donors (Lipinski definition) is 0. The van der Waals surface area contributed by atoms with E-state index in [1.54, 1.807) is 0 Å². The van der Waals surface area contributed by atoms with Gasteiger partial charge in [0.2, 0.25) is 0 Å². The molecule has 0 heteroatoms. The Hall–Kier alpha value is -0.260. The predicted octanol–water partition coefficient (Wildman–Crippen LogP) is 8.21. The molecule has 0 rings (SSSR count). The maximum Gasteiger partial charge on any atom is -0.0351 e. The van der Waals surface area contributed by atoms with Crippen LogP contribution in [-0.2, 0) is 0 Å². The molecule has 0 saturated heterocycles. The molecule has 0 aliphatic rings. The summed E-state index contributed by atoms with van der Waals surface area (Å²) in [6, 6.07) is 0. The van der Waals surface area contributed by atoms with E-state index in [1.807, 2.05) is 0 Å². The molecule has 21 heavy (non-hydrogen) atoms. The Morgan fingerprint density at radius 1 is 0.381 bits per heavy atom. The average Bonchev–Trinajstić information content (AvgIpc) is 2.50. The van der Waals surface area contributed by atoms with Crippen molar-refractivity contribution >= 4 is 0 Å². The smallest absolute Gasteiger partial charge is 0.0351 e. The van der Waals surface area contributed by atoms with E-state index in [4.69, 9.17) is 0 Å². The summed E-state index contributed by atoms with van der Waals surface area (Å²) in [4.78, 5) is 0. The number of hydrogen-bond acceptors (Lipinski definition) is 0. The summed E-state index contributed by atoms with van der Waals surface area (Å²) >= 11 is 0. The van der Waals surface area contributed by atoms with E-state index in [0.717, 1.165) is 0 Å². The van der Waals surface area contributed by atoms with Crippen molar-refractivity contribution in [3.8, 4) is 0 Å². The van der Waals surface area contributed by atoms with E-state index in [0.29, 0.717) is 0 Å². The topological polar surface area (TPSA) is 0 Å². The Morgan fingerprint density at radius 3 is 1.00 bits per heavy atom. The molecule has 0 nitrogen and oxygen atoms in total. The zero-order valence-corrected chi connectivity index (χ0v) is 15.2. The second-order valence-electron chi connectivity index (χ2n) is 6.64. The van der Waals surface area contributed by atoms with Gasteiger partial charge in [-0.25, -0.2) is 0 Å². The molecule has 0 fully saturated rings. The normalized spacial score (nSPS) is 11.5. The molecule has 0 bridgehead atoms. The molecule has 0 N–H and O–H groups in total. The Bertz CT molecular complexity index is 192. The lowest BCUT2D eigenvalue weighted by Gasteiger charge is -2.00. The van der Waals surface area contributed by atoms with Gasteiger partial charge >= 0.3 is 0 Å². The Kier molecular flexibility index (Phi) is 19.5. The van der Waals surface area contributed by atoms with E-state index < -0.39 is 0 Å². The summed E-state index contributed by atoms with van der Waals surface area (Å²) in [5.74, 6) is 0. The molecule has 0 radical (unpaired) electrons. The second kappa shape index (κ2) is 19.7. The number of rotatable bonds is 17. The van der Waals surface area contributed by atoms with Crippen LogP contribution >= 0.6 is 0 Å². The van der Waals surface area contributed by atoms with E-state index in [2.05, 4.69) is 26.0 Å². The Labute approximate surface area is 135 Å². The Balaban J connectivity index is 3.02. The highest BCUT2D eigenvalue weighted by Gasteiger charge is 1.91. The third kappa shape index (κ3) is 19.7. The molecule has 0 aliphatic carbocycles. The standard InChI is InChI=1S/C21H42/c1-3-5-7-9-11-13-15-17-19-21-20-18-16-14-12-10-8-6-4-2/h17,19H,3-16,18,20-21H2,1-2H3/b19-17+. The lowest BCUT2D eigenvalue weighted by atomic mass is 10.1. The molecule has 0 heterocycles. The molecular weight excluding hydrogens is 252 g/mol. The number of allylic oxidation sites excluding steroid dienone is 2. The number of unbranched alkanes of at least 4 members (excludes halogenated alkanes) is 15. The van der Waals surface area contributed by atoms with Crippen molar-refractivity contribution in [3.63, 3.8) is 0 Å². The molecule has 0 saturated carbocycles. The quantitative estimate of drug-likeness (QED) is 0.187. The van der Waals surface area contributed by atoms with Crippen molar-refractivity contribution in [2.45, 2.75) is 123 Å². The van der Waals surface area contributed by atoms with Gasteiger partial charge in [-0.05, 0) is 25.7 Å². The molecule has 0 aromatic heterocycles. The minimum atomic E-state index is 1.31. The van der Waals surface area contributed by atoms with Gasteiger partial charge in [-0.15, -0.1) is 0 Å². The van der Waals surface area contributed by atoms with Gasteiger partial charge in [0, 0.05) is 0 Å². The SMILES string of the molecule is CCCCCCCC/C=C/CCCCCCCCCCC. The zero-order chi connectivity index (χ0) is 15.4. The van der Waals surface area contributed by atoms with Crippen LogP contribution in [0, 0.1) is 0 Å². The van der Waals surface area contributed by atoms with Crippen molar-refractivity contribution in [2.24, 2.45) is 0 Å². The highest BCUT2D eigenvalue weighted by atomic mass is 14.0. The summed E-state index contributed by atoms with van der Waals surface area (Å²) in [6.45, 7) is 4.58. The second-order valence-corrected chi connectivity index (χ2v) is 6.64. The summed E-state index contributed by atoms with van der Waals surface area (Å²) in [5.41, 5.74) is 0. The summed E-state index contributed by atoms with van der Waals surface area (Å²) in [5, 5.41) is 0. The highest BCUT2D eigenvalue weighted by molar-refractivity contribution is 4.81. The van der Waals surface area contributed by atoms with Crippen molar-refractivity contribution < 1.29 is 0 Å². The molecule has 0 aliphatic heterocycles. The summed E-state index contributed by atoms with van der Waals surface area (Å²) < 4.78 is 0. The molecule has 126 valence electrons. The first-order valence-electron chi connectivity index (χ1n) is 10.1. The van der Waals surface area contributed by atoms with Crippen LogP contribution in [0.3, 0.4) is 0 Å². The van der Waals surface area contributed by atoms with Crippen LogP contribution in [0.5, 0.6) is 0 Å². The van der Waals surface area contributed by atoms with Gasteiger partial charge in [0.15, 0.2) is 0 Å². The fourth-order valence-electron chi connectivity index (χ4n) is 2.85. The monoisotopic (exact) mass is 294 g/mol. The van der Waals surface area contributed by atoms with E-state index in [9.17, 15) is 0 Å². The third-order valence-corrected chi connectivity index (χ3v) is 4.37. The van der Waals surface area contributed by atoms with Crippen LogP contribution in [0.15, 0.2) is 12.2 Å². The van der Waals surface area contributed by atoms with Crippen LogP contribution in [0.2, 0.25) is 0 Å². The van der Waals surface area contributed by atoms with Gasteiger partial charge in [-0.1, -0.05) is 109 Å². The maximum absolute atomic E-state index is 2.42. The third-order valence-electron chi connectivity index (χ3n) is 4.37. The van der Waals surface area contributed by atoms with Crippen LogP contribution in [-0.4, -0.2) is 0 Å². The minimum Gasteiger partial charge on any atom is -0.0885 e. The van der Waals surface area contributed by atoms with Gasteiger partial charge in [-0.2, -0.15) is 0 Å². The molecule has 0 amide bonds. The molecule has 0 unspecified atom stereocenters. The molecule has 0 aromatic rings. The average molecular weight is 295 g/mol. The van der Waals surface area contributed by atoms with Gasteiger partial charge in [0.1, 0.15) is 0 Å². The van der Waals surface area contributed by atoms with E-state index in [-0.39, 0.29) is 0 Å². The van der Waals surface area contributed by atoms with E-state index >= 15 is 0 Å². The maximum atomic E-state index is 2.42. The highest BCUT2D eigenvalue weighted by Crippen LogP contribution is 2.11. The van der Waals surface area contributed by atoms with Crippen molar-refractivity contribution in [1.29, 1.82) is 0 Å². The molecule has 0 spiro atoms. The van der Waals surface area contributed by atoms with Gasteiger partial charge in [0.25, 0.3) is 0 Å². The lowest BCUT2D eigenvalue weighted by Crippen LogP contribution is -1.81. The fourth-order valence-corrected chi connectivity index (χ4v) is 2.85. The van der Waals surface area contributed by atoms with Gasteiger partial charge in [-0.3, -0.25) is 0 Å². The van der Waals surface area contributed by atoms with Crippen LogP contribution in [0.25, 0.3) is 0 Å². The fraction of sp³-hybridized carbons (Fsp3) is 0.905. The largest absolute Gasteiger partial charge is 0.0885 e. The van der Waals surface area contributed by atoms with E-state index in [1.165, 1.54) is 109 Å². The van der Waals surface area contributed by atoms with Crippen LogP contribution in [0.1, 0.15) is 123 Å². The summed E-state index contributed by atoms with van der Waals surface area (Å²) in [6.07, 6.45) is 28.9. The van der Waals surface area contributed by atoms with Crippen molar-refractivity contribution in [1.82, 2.24) is 0 Å². The first-order valence-corrected chi connectivity index (χ1v) is 10.1. The first kappa shape index (κ1) is 20.7. The van der Waals surface area contributed by atoms with Gasteiger partial charge in [0.05, 0.1) is 0 Å². The van der Waals surface area contributed by atoms with Crippen molar-refractivity contribution in [3.05, 3.63) is 12.2 Å². The minimum absolute atomic E-state index is 1.31. The van der Waals surface area contributed by atoms with Crippen LogP contribution in [0.4, 0.5) is 0 Å². The Morgan fingerprint density at radius 2 is 0.667 bits per heavy atom. The van der Waals surface area contributed by atoms with Gasteiger partial charge < -0.3 is 0 Å². The van der Waals surface area contributed by atoms with Crippen molar-refractivity contribution in [2.75, 3.05) is 0 Å². The van der Waals surface area contributed by atoms with Crippen LogP contribution < -0.4 is 0 Å². The zero-order valence-electron chi connectivity index (χ0n) is 15.2. The first-order chi connectivity index (χ1) is 10.4. The molecule has 0 aromatic carbocycles. The predicted molar refractivity (Wildman–Crippen MR) is 99.0 cm³/mol. The molecular formula is C21H42. The lowest BCUT2D eigenvalue weighted by molar-refractivity contribution is 0.566. The summed E-state index contributed by atoms with van der Waals surface area (Å²) in [7, 11) is 0.